The molecule has 0 saturated heterocycles. The van der Waals surface area contributed by atoms with E-state index in [1.165, 1.54) is 5.56 Å². The third kappa shape index (κ3) is 2.57. The second-order valence-corrected chi connectivity index (χ2v) is 4.61. The molecule has 0 aliphatic carbocycles. The van der Waals surface area contributed by atoms with Gasteiger partial charge in [0.15, 0.2) is 0 Å². The molecule has 0 bridgehead atoms. The Bertz CT molecular complexity index is 583. The Morgan fingerprint density at radius 2 is 1.95 bits per heavy atom. The second kappa shape index (κ2) is 5.10. The summed E-state index contributed by atoms with van der Waals surface area (Å²) in [7, 11) is 0. The topological polar surface area (TPSA) is 54.0 Å². The fourth-order valence-corrected chi connectivity index (χ4v) is 2.23. The third-order valence-corrected chi connectivity index (χ3v) is 3.26. The molecular formula is C15H15N3O. The predicted molar refractivity (Wildman–Crippen MR) is 75.0 cm³/mol. The molecule has 1 atom stereocenters. The van der Waals surface area contributed by atoms with Gasteiger partial charge in [-0.05, 0) is 30.5 Å². The van der Waals surface area contributed by atoms with E-state index in [1.54, 1.807) is 6.20 Å². The van der Waals surface area contributed by atoms with E-state index in [0.29, 0.717) is 0 Å². The van der Waals surface area contributed by atoms with Crippen molar-refractivity contribution in [1.82, 2.24) is 4.98 Å². The minimum Gasteiger partial charge on any atom is -0.357 e. The van der Waals surface area contributed by atoms with Crippen LogP contribution in [0.5, 0.6) is 0 Å². The molecule has 0 radical (unpaired) electrons. The van der Waals surface area contributed by atoms with Crippen molar-refractivity contribution in [1.29, 1.82) is 0 Å². The van der Waals surface area contributed by atoms with E-state index in [1.807, 2.05) is 30.3 Å². The lowest BCUT2D eigenvalue weighted by atomic mass is 10.0. The Morgan fingerprint density at radius 3 is 2.79 bits per heavy atom. The van der Waals surface area contributed by atoms with Gasteiger partial charge in [0.05, 0.1) is 5.69 Å². The van der Waals surface area contributed by atoms with E-state index < -0.39 is 0 Å². The van der Waals surface area contributed by atoms with Crippen molar-refractivity contribution >= 4 is 17.4 Å². The van der Waals surface area contributed by atoms with Crippen LogP contribution in [0.4, 0.5) is 11.5 Å². The van der Waals surface area contributed by atoms with Gasteiger partial charge in [-0.1, -0.05) is 30.3 Å². The van der Waals surface area contributed by atoms with Crippen LogP contribution in [0.15, 0.2) is 48.7 Å². The van der Waals surface area contributed by atoms with Crippen molar-refractivity contribution in [2.45, 2.75) is 18.9 Å². The molecule has 1 aromatic carbocycles. The van der Waals surface area contributed by atoms with Crippen LogP contribution >= 0.6 is 0 Å². The smallest absolute Gasteiger partial charge is 0.247 e. The van der Waals surface area contributed by atoms with Crippen LogP contribution in [-0.4, -0.2) is 16.9 Å². The largest absolute Gasteiger partial charge is 0.357 e. The average Bonchev–Trinajstić information content (AvgIpc) is 2.46. The van der Waals surface area contributed by atoms with Gasteiger partial charge in [-0.3, -0.25) is 4.79 Å². The number of hydrogen-bond acceptors (Lipinski definition) is 3. The summed E-state index contributed by atoms with van der Waals surface area (Å²) >= 11 is 0. The van der Waals surface area contributed by atoms with Crippen LogP contribution in [0.1, 0.15) is 12.0 Å². The zero-order valence-electron chi connectivity index (χ0n) is 10.5. The van der Waals surface area contributed by atoms with Gasteiger partial charge < -0.3 is 10.6 Å². The van der Waals surface area contributed by atoms with Crippen LogP contribution in [0.3, 0.4) is 0 Å². The summed E-state index contributed by atoms with van der Waals surface area (Å²) < 4.78 is 0. The quantitative estimate of drug-likeness (QED) is 0.883. The molecule has 4 nitrogen and oxygen atoms in total. The molecule has 1 aliphatic rings. The van der Waals surface area contributed by atoms with Gasteiger partial charge in [-0.25, -0.2) is 4.98 Å². The standard InChI is InChI=1S/C15H15N3O/c19-15-13(9-8-11-5-2-1-3-6-11)17-14-12(18-15)7-4-10-16-14/h1-7,10,13H,8-9H2,(H,16,17)(H,18,19). The van der Waals surface area contributed by atoms with Crippen molar-refractivity contribution in [2.75, 3.05) is 10.6 Å². The SMILES string of the molecule is O=C1Nc2cccnc2NC1CCc1ccccc1. The Hall–Kier alpha value is -2.36. The van der Waals surface area contributed by atoms with Gasteiger partial charge in [0.1, 0.15) is 11.9 Å². The van der Waals surface area contributed by atoms with E-state index in [9.17, 15) is 4.79 Å². The van der Waals surface area contributed by atoms with Crippen LogP contribution < -0.4 is 10.6 Å². The van der Waals surface area contributed by atoms with Crippen molar-refractivity contribution in [3.63, 3.8) is 0 Å². The lowest BCUT2D eigenvalue weighted by Gasteiger charge is -2.25. The first-order valence-corrected chi connectivity index (χ1v) is 6.39. The number of carbonyl (C=O) groups is 1. The number of nitrogens with one attached hydrogen (secondary N) is 2. The molecule has 96 valence electrons. The molecule has 0 spiro atoms. The Labute approximate surface area is 111 Å². The van der Waals surface area contributed by atoms with E-state index in [4.69, 9.17) is 0 Å². The minimum absolute atomic E-state index is 0.0106. The number of fused-ring (bicyclic) bond motifs is 1. The number of amides is 1. The monoisotopic (exact) mass is 253 g/mol. The first-order chi connectivity index (χ1) is 9.33. The molecule has 1 aromatic heterocycles. The highest BCUT2D eigenvalue weighted by Gasteiger charge is 2.25. The van der Waals surface area contributed by atoms with E-state index in [2.05, 4.69) is 27.8 Å². The fraction of sp³-hybridized carbons (Fsp3) is 0.200. The van der Waals surface area contributed by atoms with Crippen molar-refractivity contribution in [3.05, 3.63) is 54.2 Å². The summed E-state index contributed by atoms with van der Waals surface area (Å²) in [6.45, 7) is 0. The maximum atomic E-state index is 12.0. The molecule has 4 heteroatoms. The molecule has 2 aromatic rings. The maximum absolute atomic E-state index is 12.0. The normalized spacial score (nSPS) is 17.3. The minimum atomic E-state index is -0.220. The molecule has 2 N–H and O–H groups in total. The summed E-state index contributed by atoms with van der Waals surface area (Å²) in [6.07, 6.45) is 3.34. The van der Waals surface area contributed by atoms with Crippen molar-refractivity contribution in [2.24, 2.45) is 0 Å². The highest BCUT2D eigenvalue weighted by Crippen LogP contribution is 2.24. The maximum Gasteiger partial charge on any atom is 0.247 e. The lowest BCUT2D eigenvalue weighted by molar-refractivity contribution is -0.117. The number of anilines is 2. The van der Waals surface area contributed by atoms with E-state index >= 15 is 0 Å². The van der Waals surface area contributed by atoms with E-state index in [0.717, 1.165) is 24.3 Å². The number of rotatable bonds is 3. The number of aromatic nitrogens is 1. The highest BCUT2D eigenvalue weighted by atomic mass is 16.2. The summed E-state index contributed by atoms with van der Waals surface area (Å²) in [6, 6.07) is 13.6. The highest BCUT2D eigenvalue weighted by molar-refractivity contribution is 6.02. The Kier molecular flexibility index (Phi) is 3.14. The summed E-state index contributed by atoms with van der Waals surface area (Å²) in [4.78, 5) is 16.2. The van der Waals surface area contributed by atoms with Crippen LogP contribution in [0.2, 0.25) is 0 Å². The number of carbonyl (C=O) groups excluding carboxylic acids is 1. The molecule has 3 rings (SSSR count). The molecule has 19 heavy (non-hydrogen) atoms. The zero-order valence-corrected chi connectivity index (χ0v) is 10.5. The zero-order chi connectivity index (χ0) is 13.1. The van der Waals surface area contributed by atoms with Crippen LogP contribution in [-0.2, 0) is 11.2 Å². The van der Waals surface area contributed by atoms with Gasteiger partial charge in [-0.15, -0.1) is 0 Å². The van der Waals surface area contributed by atoms with Crippen molar-refractivity contribution < 1.29 is 4.79 Å². The Balaban J connectivity index is 1.68. The molecule has 1 aliphatic heterocycles. The van der Waals surface area contributed by atoms with E-state index in [-0.39, 0.29) is 11.9 Å². The third-order valence-electron chi connectivity index (χ3n) is 3.26. The predicted octanol–water partition coefficient (Wildman–Crippen LogP) is 2.45. The number of hydrogen-bond donors (Lipinski definition) is 2. The molecule has 1 unspecified atom stereocenters. The van der Waals surface area contributed by atoms with Gasteiger partial charge in [0.2, 0.25) is 5.91 Å². The van der Waals surface area contributed by atoms with Gasteiger partial charge >= 0.3 is 0 Å². The van der Waals surface area contributed by atoms with Gasteiger partial charge in [0, 0.05) is 6.20 Å². The first-order valence-electron chi connectivity index (χ1n) is 6.39. The lowest BCUT2D eigenvalue weighted by Crippen LogP contribution is -2.39. The summed E-state index contributed by atoms with van der Waals surface area (Å²) in [5, 5.41) is 6.08. The summed E-state index contributed by atoms with van der Waals surface area (Å²) in [5.41, 5.74) is 1.99. The summed E-state index contributed by atoms with van der Waals surface area (Å²) in [5.74, 6) is 0.761. The number of aryl methyl sites for hydroxylation is 1. The molecule has 1 amide bonds. The fourth-order valence-electron chi connectivity index (χ4n) is 2.23. The van der Waals surface area contributed by atoms with Crippen LogP contribution in [0, 0.1) is 0 Å². The van der Waals surface area contributed by atoms with Gasteiger partial charge in [0.25, 0.3) is 0 Å². The molecule has 0 saturated carbocycles. The van der Waals surface area contributed by atoms with Crippen LogP contribution in [0.25, 0.3) is 0 Å². The van der Waals surface area contributed by atoms with Crippen molar-refractivity contribution in [3.8, 4) is 0 Å². The van der Waals surface area contributed by atoms with Gasteiger partial charge in [-0.2, -0.15) is 0 Å². The second-order valence-electron chi connectivity index (χ2n) is 4.61. The molecule has 2 heterocycles. The number of pyridine rings is 1. The first kappa shape index (κ1) is 11.7. The molecular weight excluding hydrogens is 238 g/mol. The average molecular weight is 253 g/mol. The Morgan fingerprint density at radius 1 is 1.11 bits per heavy atom. The number of benzene rings is 1. The molecule has 0 fully saturated rings. The number of nitrogens with zero attached hydrogens (tertiary/aromatic N) is 1.